The molecule has 0 fully saturated rings. The van der Waals surface area contributed by atoms with E-state index >= 15 is 0 Å². The number of allylic oxidation sites excluding steroid dienone is 1. The van der Waals surface area contributed by atoms with Crippen molar-refractivity contribution in [3.63, 3.8) is 0 Å². The summed E-state index contributed by atoms with van der Waals surface area (Å²) in [5, 5.41) is 16.7. The van der Waals surface area contributed by atoms with Crippen LogP contribution in [0.15, 0.2) is 71.4 Å². The summed E-state index contributed by atoms with van der Waals surface area (Å²) < 4.78 is 3.13. The van der Waals surface area contributed by atoms with Gasteiger partial charge in [-0.25, -0.2) is 5.43 Å². The van der Waals surface area contributed by atoms with Crippen LogP contribution in [-0.2, 0) is 17.9 Å². The Hall–Kier alpha value is -2.86. The minimum absolute atomic E-state index is 0.179. The first-order valence-corrected chi connectivity index (χ1v) is 13.4. The van der Waals surface area contributed by atoms with Gasteiger partial charge in [0.15, 0.2) is 11.0 Å². The summed E-state index contributed by atoms with van der Waals surface area (Å²) in [5.41, 5.74) is 5.68. The van der Waals surface area contributed by atoms with Gasteiger partial charge in [-0.3, -0.25) is 4.79 Å². The zero-order valence-electron chi connectivity index (χ0n) is 19.9. The number of carbonyl (C=O) groups excluding carboxylic acids is 1. The highest BCUT2D eigenvalue weighted by atomic mass is 127. The predicted molar refractivity (Wildman–Crippen MR) is 153 cm³/mol. The summed E-state index contributed by atoms with van der Waals surface area (Å²) in [5.74, 6) is 0.744. The number of aromatic nitrogens is 3. The summed E-state index contributed by atoms with van der Waals surface area (Å²) in [6.45, 7) is 11.1. The fraction of sp³-hybridized carbons (Fsp3) is 0.280. The highest BCUT2D eigenvalue weighted by Crippen LogP contribution is 2.19. The maximum absolute atomic E-state index is 12.3. The molecule has 1 heterocycles. The molecule has 0 saturated heterocycles. The summed E-state index contributed by atoms with van der Waals surface area (Å²) in [6.07, 6.45) is 3.43. The van der Waals surface area contributed by atoms with Crippen molar-refractivity contribution in [2.24, 2.45) is 5.10 Å². The smallest absolute Gasteiger partial charge is 0.250 e. The van der Waals surface area contributed by atoms with Gasteiger partial charge in [0.2, 0.25) is 0 Å². The molecule has 184 valence electrons. The van der Waals surface area contributed by atoms with E-state index in [0.717, 1.165) is 30.2 Å². The van der Waals surface area contributed by atoms with Crippen LogP contribution in [-0.4, -0.2) is 45.7 Å². The molecule has 0 aliphatic rings. The number of nitrogens with one attached hydrogen (secondary N) is 2. The van der Waals surface area contributed by atoms with E-state index in [-0.39, 0.29) is 11.7 Å². The lowest BCUT2D eigenvalue weighted by Gasteiger charge is -2.20. The molecule has 2 N–H and O–H groups in total. The summed E-state index contributed by atoms with van der Waals surface area (Å²) in [4.78, 5) is 14.6. The fourth-order valence-corrected chi connectivity index (χ4v) is 4.44. The third kappa shape index (κ3) is 8.10. The third-order valence-electron chi connectivity index (χ3n) is 5.16. The number of rotatable bonds is 13. The third-order valence-corrected chi connectivity index (χ3v) is 6.84. The molecular weight excluding hydrogens is 573 g/mol. The second kappa shape index (κ2) is 13.9. The lowest BCUT2D eigenvalue weighted by molar-refractivity contribution is -0.118. The van der Waals surface area contributed by atoms with E-state index < -0.39 is 0 Å². The summed E-state index contributed by atoms with van der Waals surface area (Å²) in [7, 11) is 0. The van der Waals surface area contributed by atoms with E-state index in [1.54, 1.807) is 12.3 Å². The number of hydrogen-bond acceptors (Lipinski definition) is 7. The topological polar surface area (TPSA) is 87.4 Å². The maximum atomic E-state index is 12.3. The molecule has 0 unspecified atom stereocenters. The van der Waals surface area contributed by atoms with Gasteiger partial charge in [0.05, 0.1) is 18.5 Å². The molecule has 0 atom stereocenters. The van der Waals surface area contributed by atoms with Crippen molar-refractivity contribution in [3.05, 3.63) is 76.1 Å². The van der Waals surface area contributed by atoms with Crippen molar-refractivity contribution in [1.29, 1.82) is 0 Å². The van der Waals surface area contributed by atoms with E-state index in [1.165, 1.54) is 21.0 Å². The van der Waals surface area contributed by atoms with Crippen molar-refractivity contribution >= 4 is 57.8 Å². The molecule has 0 radical (unpaired) electrons. The normalized spacial score (nSPS) is 10.9. The van der Waals surface area contributed by atoms with Gasteiger partial charge < -0.3 is 14.8 Å². The number of benzene rings is 2. The Labute approximate surface area is 224 Å². The van der Waals surface area contributed by atoms with Gasteiger partial charge in [0.25, 0.3) is 5.91 Å². The number of hydrogen-bond donors (Lipinski definition) is 2. The zero-order chi connectivity index (χ0) is 25.0. The fourth-order valence-electron chi connectivity index (χ4n) is 3.32. The summed E-state index contributed by atoms with van der Waals surface area (Å²) >= 11 is 3.59. The van der Waals surface area contributed by atoms with Crippen LogP contribution in [0, 0.1) is 3.57 Å². The van der Waals surface area contributed by atoms with Crippen LogP contribution in [0.1, 0.15) is 25.2 Å². The molecule has 3 aromatic rings. The molecule has 2 aromatic carbocycles. The van der Waals surface area contributed by atoms with Crippen LogP contribution < -0.4 is 15.6 Å². The molecule has 0 saturated carbocycles. The number of anilines is 2. The largest absolute Gasteiger partial charge is 0.378 e. The molecule has 0 aliphatic heterocycles. The molecule has 8 nitrogen and oxygen atoms in total. The van der Waals surface area contributed by atoms with Gasteiger partial charge in [-0.1, -0.05) is 30.0 Å². The first-order valence-electron chi connectivity index (χ1n) is 11.4. The number of halogens is 1. The zero-order valence-corrected chi connectivity index (χ0v) is 22.9. The Balaban J connectivity index is 1.51. The van der Waals surface area contributed by atoms with E-state index in [2.05, 4.69) is 86.1 Å². The molecule has 0 bridgehead atoms. The van der Waals surface area contributed by atoms with Gasteiger partial charge in [0.1, 0.15) is 0 Å². The second-order valence-electron chi connectivity index (χ2n) is 7.50. The number of nitrogens with zero attached hydrogens (tertiary/aromatic N) is 5. The van der Waals surface area contributed by atoms with Crippen LogP contribution in [0.2, 0.25) is 0 Å². The molecular formula is C25H30IN7OS. The summed E-state index contributed by atoms with van der Waals surface area (Å²) in [6, 6.07) is 16.2. The van der Waals surface area contributed by atoms with Gasteiger partial charge >= 0.3 is 0 Å². The first kappa shape index (κ1) is 26.7. The highest BCUT2D eigenvalue weighted by molar-refractivity contribution is 14.1. The Morgan fingerprint density at radius 1 is 1.14 bits per heavy atom. The average molecular weight is 604 g/mol. The average Bonchev–Trinajstić information content (AvgIpc) is 3.25. The lowest BCUT2D eigenvalue weighted by Crippen LogP contribution is -2.21. The predicted octanol–water partition coefficient (Wildman–Crippen LogP) is 4.77. The maximum Gasteiger partial charge on any atom is 0.250 e. The van der Waals surface area contributed by atoms with Gasteiger partial charge in [-0.15, -0.1) is 16.8 Å². The Bertz CT molecular complexity index is 1130. The Morgan fingerprint density at radius 3 is 2.51 bits per heavy atom. The second-order valence-corrected chi connectivity index (χ2v) is 9.69. The number of thioether (sulfide) groups is 1. The molecule has 0 spiro atoms. The van der Waals surface area contributed by atoms with Crippen LogP contribution in [0.4, 0.5) is 11.4 Å². The van der Waals surface area contributed by atoms with Crippen LogP contribution in [0.5, 0.6) is 0 Å². The Morgan fingerprint density at radius 2 is 1.86 bits per heavy atom. The van der Waals surface area contributed by atoms with Crippen molar-refractivity contribution in [1.82, 2.24) is 20.2 Å². The SMILES string of the molecule is C=CCn1c(CNc2ccc(I)cc2)nnc1SCC(=O)NN=Cc1ccc(N(CC)CC)cc1. The monoisotopic (exact) mass is 603 g/mol. The van der Waals surface area contributed by atoms with Gasteiger partial charge in [-0.2, -0.15) is 5.10 Å². The molecule has 10 heteroatoms. The van der Waals surface area contributed by atoms with E-state index in [0.29, 0.717) is 18.2 Å². The van der Waals surface area contributed by atoms with Crippen LogP contribution in [0.25, 0.3) is 0 Å². The molecule has 35 heavy (non-hydrogen) atoms. The van der Waals surface area contributed by atoms with Crippen molar-refractivity contribution in [2.75, 3.05) is 29.1 Å². The number of carbonyl (C=O) groups is 1. The number of hydrazone groups is 1. The van der Waals surface area contributed by atoms with Crippen molar-refractivity contribution in [3.8, 4) is 0 Å². The lowest BCUT2D eigenvalue weighted by atomic mass is 10.2. The van der Waals surface area contributed by atoms with E-state index in [9.17, 15) is 4.79 Å². The van der Waals surface area contributed by atoms with Crippen LogP contribution in [0.3, 0.4) is 0 Å². The number of amides is 1. The minimum atomic E-state index is -0.210. The Kier molecular flexibility index (Phi) is 10.6. The minimum Gasteiger partial charge on any atom is -0.378 e. The standard InChI is InChI=1S/C25H30IN7OS/c1-4-15-33-23(17-27-21-11-9-20(26)10-12-21)29-31-25(33)35-18-24(34)30-28-16-19-7-13-22(14-8-19)32(5-2)6-3/h4,7-14,16,27H,1,5-6,15,17-18H2,2-3H3,(H,30,34). The molecule has 3 rings (SSSR count). The quantitative estimate of drug-likeness (QED) is 0.0963. The highest BCUT2D eigenvalue weighted by Gasteiger charge is 2.13. The van der Waals surface area contributed by atoms with Crippen molar-refractivity contribution < 1.29 is 4.79 Å². The van der Waals surface area contributed by atoms with Gasteiger partial charge in [0, 0.05) is 34.6 Å². The molecule has 1 aromatic heterocycles. The van der Waals surface area contributed by atoms with E-state index in [1.807, 2.05) is 41.0 Å². The molecule has 1 amide bonds. The van der Waals surface area contributed by atoms with E-state index in [4.69, 9.17) is 0 Å². The molecule has 0 aliphatic carbocycles. The van der Waals surface area contributed by atoms with Crippen molar-refractivity contribution in [2.45, 2.75) is 32.1 Å². The first-order chi connectivity index (χ1) is 17.0. The van der Waals surface area contributed by atoms with Gasteiger partial charge in [-0.05, 0) is 78.4 Å². The van der Waals surface area contributed by atoms with Crippen LogP contribution >= 0.6 is 34.4 Å².